The summed E-state index contributed by atoms with van der Waals surface area (Å²) in [6, 6.07) is 5.19. The maximum atomic E-state index is 12.4. The monoisotopic (exact) mass is 390 g/mol. The van der Waals surface area contributed by atoms with Gasteiger partial charge in [0.05, 0.1) is 22.5 Å². The number of benzene rings is 1. The fourth-order valence-electron chi connectivity index (χ4n) is 2.74. The van der Waals surface area contributed by atoms with Crippen LogP contribution in [0.1, 0.15) is 13.8 Å². The fourth-order valence-corrected chi connectivity index (χ4v) is 4.43. The molecule has 1 aliphatic rings. The molecule has 1 N–H and O–H groups in total. The van der Waals surface area contributed by atoms with Crippen molar-refractivity contribution >= 4 is 19.9 Å². The van der Waals surface area contributed by atoms with Crippen LogP contribution >= 0.6 is 0 Å². The summed E-state index contributed by atoms with van der Waals surface area (Å²) in [5.41, 5.74) is 0. The molecule has 0 amide bonds. The smallest absolute Gasteiger partial charge is 0.240 e. The Bertz CT molecular complexity index is 773. The van der Waals surface area contributed by atoms with E-state index in [1.165, 1.54) is 24.3 Å². The minimum absolute atomic E-state index is 0.0368. The van der Waals surface area contributed by atoms with Gasteiger partial charge in [0.2, 0.25) is 10.0 Å². The molecule has 0 radical (unpaired) electrons. The van der Waals surface area contributed by atoms with Crippen molar-refractivity contribution in [2.24, 2.45) is 5.92 Å². The van der Waals surface area contributed by atoms with Crippen molar-refractivity contribution < 1.29 is 21.6 Å². The number of rotatable bonds is 7. The van der Waals surface area contributed by atoms with Crippen LogP contribution in [-0.2, 0) is 24.6 Å². The lowest BCUT2D eigenvalue weighted by Gasteiger charge is -2.33. The summed E-state index contributed by atoms with van der Waals surface area (Å²) < 4.78 is 55.8. The molecule has 142 valence electrons. The van der Waals surface area contributed by atoms with E-state index in [1.54, 1.807) is 0 Å². The number of ether oxygens (including phenoxy) is 1. The van der Waals surface area contributed by atoms with Crippen LogP contribution in [0.4, 0.5) is 0 Å². The highest BCUT2D eigenvalue weighted by Gasteiger charge is 2.23. The van der Waals surface area contributed by atoms with E-state index in [4.69, 9.17) is 4.74 Å². The Labute approximate surface area is 150 Å². The Hall–Kier alpha value is -1.00. The molecule has 1 aromatic rings. The summed E-state index contributed by atoms with van der Waals surface area (Å²) in [5.74, 6) is 0.545. The van der Waals surface area contributed by atoms with Crippen LogP contribution in [0.3, 0.4) is 0 Å². The molecular formula is C16H26N2O5S2. The van der Waals surface area contributed by atoms with Crippen molar-refractivity contribution in [3.8, 4) is 0 Å². The second-order valence-corrected chi connectivity index (χ2v) is 10.5. The number of sulfone groups is 1. The Kier molecular flexibility index (Phi) is 6.61. The summed E-state index contributed by atoms with van der Waals surface area (Å²) in [6.07, 6.45) is 0.885. The van der Waals surface area contributed by atoms with Gasteiger partial charge in [-0.2, -0.15) is 0 Å². The SMILES string of the molecule is CC(C)CN1CCOC(CNS(=O)(=O)c2ccc(S(C)(=O)=O)cc2)C1. The van der Waals surface area contributed by atoms with Gasteiger partial charge in [0.15, 0.2) is 9.84 Å². The molecule has 2 rings (SSSR count). The second-order valence-electron chi connectivity index (χ2n) is 6.74. The molecule has 7 nitrogen and oxygen atoms in total. The molecule has 0 spiro atoms. The maximum Gasteiger partial charge on any atom is 0.240 e. The van der Waals surface area contributed by atoms with Gasteiger partial charge < -0.3 is 4.74 Å². The van der Waals surface area contributed by atoms with E-state index in [-0.39, 0.29) is 22.4 Å². The molecule has 1 aliphatic heterocycles. The van der Waals surface area contributed by atoms with Crippen molar-refractivity contribution in [3.63, 3.8) is 0 Å². The van der Waals surface area contributed by atoms with Gasteiger partial charge in [-0.25, -0.2) is 21.6 Å². The standard InChI is InChI=1S/C16H26N2O5S2/c1-13(2)11-18-8-9-23-14(12-18)10-17-25(21,22)16-6-4-15(5-7-16)24(3,19)20/h4-7,13-14,17H,8-12H2,1-3H3. The number of nitrogens with one attached hydrogen (secondary N) is 1. The van der Waals surface area contributed by atoms with E-state index < -0.39 is 19.9 Å². The first kappa shape index (κ1) is 20.3. The first-order valence-electron chi connectivity index (χ1n) is 8.21. The quantitative estimate of drug-likeness (QED) is 0.738. The average Bonchev–Trinajstić information content (AvgIpc) is 2.52. The first-order chi connectivity index (χ1) is 11.6. The summed E-state index contributed by atoms with van der Waals surface area (Å²) in [4.78, 5) is 2.40. The molecule has 25 heavy (non-hydrogen) atoms. The highest BCUT2D eigenvalue weighted by atomic mass is 32.2. The molecule has 1 unspecified atom stereocenters. The van der Waals surface area contributed by atoms with Crippen LogP contribution < -0.4 is 4.72 Å². The number of hydrogen-bond donors (Lipinski definition) is 1. The van der Waals surface area contributed by atoms with E-state index in [9.17, 15) is 16.8 Å². The predicted molar refractivity (Wildman–Crippen MR) is 95.8 cm³/mol. The largest absolute Gasteiger partial charge is 0.374 e. The summed E-state index contributed by atoms with van der Waals surface area (Å²) in [6.45, 7) is 7.56. The van der Waals surface area contributed by atoms with Crippen LogP contribution in [-0.4, -0.2) is 66.9 Å². The van der Waals surface area contributed by atoms with Gasteiger partial charge in [-0.1, -0.05) is 13.8 Å². The molecule has 0 bridgehead atoms. The van der Waals surface area contributed by atoms with Gasteiger partial charge in [-0.15, -0.1) is 0 Å². The molecular weight excluding hydrogens is 364 g/mol. The summed E-state index contributed by atoms with van der Waals surface area (Å²) in [7, 11) is -7.06. The topological polar surface area (TPSA) is 92.8 Å². The predicted octanol–water partition coefficient (Wildman–Crippen LogP) is 0.725. The van der Waals surface area contributed by atoms with Crippen LogP contribution in [0.2, 0.25) is 0 Å². The number of nitrogens with zero attached hydrogens (tertiary/aromatic N) is 1. The van der Waals surface area contributed by atoms with Crippen LogP contribution in [0.25, 0.3) is 0 Å². The molecule has 1 fully saturated rings. The molecule has 1 heterocycles. The van der Waals surface area contributed by atoms with E-state index in [0.717, 1.165) is 19.3 Å². The highest BCUT2D eigenvalue weighted by molar-refractivity contribution is 7.90. The number of sulfonamides is 1. The van der Waals surface area contributed by atoms with Gasteiger partial charge in [0.25, 0.3) is 0 Å². The molecule has 0 aromatic heterocycles. The zero-order valence-electron chi connectivity index (χ0n) is 14.8. The van der Waals surface area contributed by atoms with Crippen molar-refractivity contribution in [1.29, 1.82) is 0 Å². The summed E-state index contributed by atoms with van der Waals surface area (Å²) >= 11 is 0. The van der Waals surface area contributed by atoms with Gasteiger partial charge in [0.1, 0.15) is 0 Å². The van der Waals surface area contributed by atoms with Crippen molar-refractivity contribution in [2.45, 2.75) is 29.7 Å². The molecule has 0 saturated carbocycles. The lowest BCUT2D eigenvalue weighted by Crippen LogP contribution is -2.48. The van der Waals surface area contributed by atoms with Crippen molar-refractivity contribution in [1.82, 2.24) is 9.62 Å². The Morgan fingerprint density at radius 2 is 1.76 bits per heavy atom. The maximum absolute atomic E-state index is 12.4. The minimum atomic E-state index is -3.71. The molecule has 1 atom stereocenters. The third kappa shape index (κ3) is 6.03. The molecule has 1 saturated heterocycles. The first-order valence-corrected chi connectivity index (χ1v) is 11.6. The highest BCUT2D eigenvalue weighted by Crippen LogP contribution is 2.15. The van der Waals surface area contributed by atoms with Crippen LogP contribution in [0.15, 0.2) is 34.1 Å². The zero-order chi connectivity index (χ0) is 18.7. The van der Waals surface area contributed by atoms with E-state index in [1.807, 2.05) is 0 Å². The van der Waals surface area contributed by atoms with E-state index in [0.29, 0.717) is 19.1 Å². The Balaban J connectivity index is 1.97. The van der Waals surface area contributed by atoms with E-state index >= 15 is 0 Å². The van der Waals surface area contributed by atoms with Gasteiger partial charge in [0, 0.05) is 32.4 Å². The normalized spacial score (nSPS) is 20.1. The second kappa shape index (κ2) is 8.13. The number of hydrogen-bond acceptors (Lipinski definition) is 6. The van der Waals surface area contributed by atoms with Crippen LogP contribution in [0, 0.1) is 5.92 Å². The molecule has 0 aliphatic carbocycles. The lowest BCUT2D eigenvalue weighted by molar-refractivity contribution is -0.0280. The molecule has 9 heteroatoms. The zero-order valence-corrected chi connectivity index (χ0v) is 16.4. The van der Waals surface area contributed by atoms with Gasteiger partial charge >= 0.3 is 0 Å². The van der Waals surface area contributed by atoms with Gasteiger partial charge in [-0.3, -0.25) is 4.90 Å². The third-order valence-corrected chi connectivity index (χ3v) is 6.48. The Morgan fingerprint density at radius 1 is 1.16 bits per heavy atom. The van der Waals surface area contributed by atoms with Crippen LogP contribution in [0.5, 0.6) is 0 Å². The number of morpholine rings is 1. The third-order valence-electron chi connectivity index (χ3n) is 3.91. The van der Waals surface area contributed by atoms with Crippen molar-refractivity contribution in [3.05, 3.63) is 24.3 Å². The summed E-state index contributed by atoms with van der Waals surface area (Å²) in [5, 5.41) is 0. The van der Waals surface area contributed by atoms with E-state index in [2.05, 4.69) is 23.5 Å². The lowest BCUT2D eigenvalue weighted by atomic mass is 10.2. The average molecular weight is 391 g/mol. The van der Waals surface area contributed by atoms with Gasteiger partial charge in [-0.05, 0) is 30.2 Å². The fraction of sp³-hybridized carbons (Fsp3) is 0.625. The minimum Gasteiger partial charge on any atom is -0.374 e. The Morgan fingerprint density at radius 3 is 2.32 bits per heavy atom. The van der Waals surface area contributed by atoms with Crippen molar-refractivity contribution in [2.75, 3.05) is 39.0 Å². The molecule has 1 aromatic carbocycles.